The van der Waals surface area contributed by atoms with Crippen molar-refractivity contribution in [1.29, 1.82) is 0 Å². The Kier molecular flexibility index (Phi) is 7.46. The number of carbonyl (C=O) groups is 2. The maximum atomic E-state index is 13.0. The second-order valence-electron chi connectivity index (χ2n) is 7.40. The topological polar surface area (TPSA) is 90.0 Å². The maximum Gasteiger partial charge on any atom is 0.338 e. The molecule has 0 bridgehead atoms. The van der Waals surface area contributed by atoms with Crippen molar-refractivity contribution in [3.05, 3.63) is 59.2 Å². The van der Waals surface area contributed by atoms with Gasteiger partial charge in [-0.1, -0.05) is 12.5 Å². The lowest BCUT2D eigenvalue weighted by molar-refractivity contribution is 0.0474. The minimum absolute atomic E-state index is 0.0979. The third-order valence-corrected chi connectivity index (χ3v) is 7.22. The van der Waals surface area contributed by atoms with Gasteiger partial charge in [0.05, 0.1) is 17.1 Å². The number of ketones is 1. The lowest BCUT2D eigenvalue weighted by atomic mass is 10.1. The van der Waals surface area contributed by atoms with Gasteiger partial charge >= 0.3 is 5.97 Å². The van der Waals surface area contributed by atoms with E-state index in [0.717, 1.165) is 19.3 Å². The summed E-state index contributed by atoms with van der Waals surface area (Å²) in [5, 5.41) is 0. The summed E-state index contributed by atoms with van der Waals surface area (Å²) < 4.78 is 38.0. The number of hydrogen-bond donors (Lipinski definition) is 0. The molecule has 166 valence electrons. The highest BCUT2D eigenvalue weighted by Gasteiger charge is 2.28. The number of hydrogen-bond acceptors (Lipinski definition) is 6. The van der Waals surface area contributed by atoms with Gasteiger partial charge in [-0.05, 0) is 68.7 Å². The summed E-state index contributed by atoms with van der Waals surface area (Å²) in [6.45, 7) is 4.61. The molecule has 2 aromatic carbocycles. The number of sulfonamides is 1. The molecule has 8 heteroatoms. The fourth-order valence-corrected chi connectivity index (χ4v) is 5.22. The molecule has 3 rings (SSSR count). The predicted octanol–water partition coefficient (Wildman–Crippen LogP) is 3.61. The molecule has 1 aliphatic rings. The number of nitrogens with zero attached hydrogens (tertiary/aromatic N) is 1. The summed E-state index contributed by atoms with van der Waals surface area (Å²) in [7, 11) is -3.69. The number of ether oxygens (including phenoxy) is 2. The van der Waals surface area contributed by atoms with Crippen LogP contribution < -0.4 is 4.74 Å². The Hall–Kier alpha value is -2.71. The highest BCUT2D eigenvalue weighted by Crippen LogP contribution is 2.24. The van der Waals surface area contributed by atoms with Crippen LogP contribution in [0.25, 0.3) is 0 Å². The normalized spacial score (nSPS) is 14.8. The summed E-state index contributed by atoms with van der Waals surface area (Å²) >= 11 is 0. The Morgan fingerprint density at radius 2 is 1.61 bits per heavy atom. The monoisotopic (exact) mass is 445 g/mol. The van der Waals surface area contributed by atoms with Crippen molar-refractivity contribution >= 4 is 21.8 Å². The molecule has 0 radical (unpaired) electrons. The van der Waals surface area contributed by atoms with Crippen LogP contribution in [0.4, 0.5) is 0 Å². The molecule has 1 fully saturated rings. The SMILES string of the molecule is CCOc1ccc(C(=O)COC(=O)c2ccc(C)c(S(=O)(=O)N3CCCCC3)c2)cc1. The second kappa shape index (κ2) is 10.1. The molecule has 1 aliphatic heterocycles. The minimum Gasteiger partial charge on any atom is -0.494 e. The zero-order chi connectivity index (χ0) is 22.4. The molecule has 0 atom stereocenters. The molecule has 0 saturated carbocycles. The first-order valence-corrected chi connectivity index (χ1v) is 11.8. The first-order chi connectivity index (χ1) is 14.8. The van der Waals surface area contributed by atoms with Gasteiger partial charge in [0, 0.05) is 18.7 Å². The molecule has 0 unspecified atom stereocenters. The van der Waals surface area contributed by atoms with Crippen LogP contribution in [0.15, 0.2) is 47.4 Å². The van der Waals surface area contributed by atoms with Gasteiger partial charge in [0.1, 0.15) is 5.75 Å². The molecule has 7 nitrogen and oxygen atoms in total. The smallest absolute Gasteiger partial charge is 0.338 e. The second-order valence-corrected chi connectivity index (χ2v) is 9.31. The standard InChI is InChI=1S/C23H27NO6S/c1-3-29-20-11-9-18(10-12-20)21(25)16-30-23(26)19-8-7-17(2)22(15-19)31(27,28)24-13-5-4-6-14-24/h7-12,15H,3-6,13-14,16H2,1-2H3. The van der Waals surface area contributed by atoms with E-state index in [1.165, 1.54) is 16.4 Å². The van der Waals surface area contributed by atoms with Gasteiger partial charge in [-0.3, -0.25) is 4.79 Å². The number of carbonyl (C=O) groups excluding carboxylic acids is 2. The number of rotatable bonds is 8. The Balaban J connectivity index is 1.69. The molecule has 1 saturated heterocycles. The van der Waals surface area contributed by atoms with Crippen molar-refractivity contribution in [2.45, 2.75) is 38.0 Å². The zero-order valence-corrected chi connectivity index (χ0v) is 18.6. The van der Waals surface area contributed by atoms with E-state index in [1.807, 2.05) is 6.92 Å². The summed E-state index contributed by atoms with van der Waals surface area (Å²) in [6, 6.07) is 11.0. The van der Waals surface area contributed by atoms with E-state index < -0.39 is 22.6 Å². The fraction of sp³-hybridized carbons (Fsp3) is 0.391. The van der Waals surface area contributed by atoms with E-state index in [1.54, 1.807) is 37.3 Å². The summed E-state index contributed by atoms with van der Waals surface area (Å²) in [6.07, 6.45) is 2.67. The van der Waals surface area contributed by atoms with Crippen LogP contribution in [0.3, 0.4) is 0 Å². The van der Waals surface area contributed by atoms with Crippen LogP contribution in [0.5, 0.6) is 5.75 Å². The van der Waals surface area contributed by atoms with Crippen LogP contribution >= 0.6 is 0 Å². The highest BCUT2D eigenvalue weighted by molar-refractivity contribution is 7.89. The van der Waals surface area contributed by atoms with E-state index in [0.29, 0.717) is 36.6 Å². The van der Waals surface area contributed by atoms with Crippen LogP contribution in [0.1, 0.15) is 52.5 Å². The Labute approximate surface area is 183 Å². The van der Waals surface area contributed by atoms with Gasteiger partial charge in [-0.25, -0.2) is 13.2 Å². The molecule has 1 heterocycles. The quantitative estimate of drug-likeness (QED) is 0.455. The average molecular weight is 446 g/mol. The number of Topliss-reactive ketones (excluding diaryl/α,β-unsaturated/α-hetero) is 1. The molecule has 0 spiro atoms. The van der Waals surface area contributed by atoms with E-state index in [4.69, 9.17) is 9.47 Å². The minimum atomic E-state index is -3.69. The number of piperidine rings is 1. The molecule has 31 heavy (non-hydrogen) atoms. The van der Waals surface area contributed by atoms with E-state index in [-0.39, 0.29) is 16.2 Å². The summed E-state index contributed by atoms with van der Waals surface area (Å²) in [4.78, 5) is 24.9. The highest BCUT2D eigenvalue weighted by atomic mass is 32.2. The first kappa shape index (κ1) is 23.0. The number of benzene rings is 2. The lowest BCUT2D eigenvalue weighted by Crippen LogP contribution is -2.36. The van der Waals surface area contributed by atoms with Crippen molar-refractivity contribution in [2.24, 2.45) is 0 Å². The molecule has 0 aromatic heterocycles. The third-order valence-electron chi connectivity index (χ3n) is 5.18. The Morgan fingerprint density at radius 1 is 0.968 bits per heavy atom. The maximum absolute atomic E-state index is 13.0. The van der Waals surface area contributed by atoms with Crippen LogP contribution in [-0.4, -0.2) is 50.8 Å². The molecular weight excluding hydrogens is 418 g/mol. The fourth-order valence-electron chi connectivity index (χ4n) is 3.45. The predicted molar refractivity (Wildman–Crippen MR) is 116 cm³/mol. The van der Waals surface area contributed by atoms with Crippen LogP contribution in [0, 0.1) is 6.92 Å². The van der Waals surface area contributed by atoms with Crippen molar-refractivity contribution in [2.75, 3.05) is 26.3 Å². The summed E-state index contributed by atoms with van der Waals surface area (Å²) in [5.41, 5.74) is 1.06. The van der Waals surface area contributed by atoms with Crippen molar-refractivity contribution in [1.82, 2.24) is 4.31 Å². The zero-order valence-electron chi connectivity index (χ0n) is 17.8. The van der Waals surface area contributed by atoms with Crippen molar-refractivity contribution < 1.29 is 27.5 Å². The molecule has 2 aromatic rings. The molecule has 0 aliphatic carbocycles. The number of esters is 1. The first-order valence-electron chi connectivity index (χ1n) is 10.4. The van der Waals surface area contributed by atoms with Gasteiger partial charge < -0.3 is 9.47 Å². The van der Waals surface area contributed by atoms with Gasteiger partial charge in [-0.2, -0.15) is 4.31 Å². The van der Waals surface area contributed by atoms with Gasteiger partial charge in [0.25, 0.3) is 0 Å². The Morgan fingerprint density at radius 3 is 2.26 bits per heavy atom. The lowest BCUT2D eigenvalue weighted by Gasteiger charge is -2.26. The van der Waals surface area contributed by atoms with Gasteiger partial charge in [-0.15, -0.1) is 0 Å². The average Bonchev–Trinajstić information content (AvgIpc) is 2.78. The van der Waals surface area contributed by atoms with Crippen molar-refractivity contribution in [3.8, 4) is 5.75 Å². The van der Waals surface area contributed by atoms with Crippen LogP contribution in [0.2, 0.25) is 0 Å². The number of aryl methyl sites for hydroxylation is 1. The summed E-state index contributed by atoms with van der Waals surface area (Å²) in [5.74, 6) is -0.447. The van der Waals surface area contributed by atoms with Crippen LogP contribution in [-0.2, 0) is 14.8 Å². The third kappa shape index (κ3) is 5.51. The molecule has 0 N–H and O–H groups in total. The van der Waals surface area contributed by atoms with Gasteiger partial charge in [0.15, 0.2) is 12.4 Å². The largest absolute Gasteiger partial charge is 0.494 e. The van der Waals surface area contributed by atoms with E-state index >= 15 is 0 Å². The van der Waals surface area contributed by atoms with E-state index in [9.17, 15) is 18.0 Å². The Bertz CT molecular complexity index is 1040. The van der Waals surface area contributed by atoms with E-state index in [2.05, 4.69) is 0 Å². The van der Waals surface area contributed by atoms with Crippen molar-refractivity contribution in [3.63, 3.8) is 0 Å². The van der Waals surface area contributed by atoms with Gasteiger partial charge in [0.2, 0.25) is 10.0 Å². The molecule has 0 amide bonds. The molecular formula is C23H27NO6S.